The van der Waals surface area contributed by atoms with E-state index in [4.69, 9.17) is 4.52 Å². The molecule has 0 amide bonds. The van der Waals surface area contributed by atoms with Crippen molar-refractivity contribution in [2.75, 3.05) is 6.54 Å². The Balaban J connectivity index is 1.76. The summed E-state index contributed by atoms with van der Waals surface area (Å²) in [5.74, 6) is 1.44. The number of rotatable bonds is 4. The minimum absolute atomic E-state index is 0.0745. The highest BCUT2D eigenvalue weighted by Gasteiger charge is 2.31. The summed E-state index contributed by atoms with van der Waals surface area (Å²) >= 11 is 0. The predicted octanol–water partition coefficient (Wildman–Crippen LogP) is 4.94. The molecule has 2 heterocycles. The molecule has 4 nitrogen and oxygen atoms in total. The molecule has 7 heteroatoms. The highest BCUT2D eigenvalue weighted by atomic mass is 19.4. The summed E-state index contributed by atoms with van der Waals surface area (Å²) in [6.45, 7) is 5.39. The molecular formula is C18H22F3N3O. The van der Waals surface area contributed by atoms with Crippen LogP contribution in [0.25, 0.3) is 0 Å². The molecule has 1 saturated heterocycles. The lowest BCUT2D eigenvalue weighted by atomic mass is 9.94. The van der Waals surface area contributed by atoms with Crippen LogP contribution in [0.3, 0.4) is 0 Å². The second-order valence-corrected chi connectivity index (χ2v) is 6.80. The van der Waals surface area contributed by atoms with Gasteiger partial charge in [0, 0.05) is 12.0 Å². The number of alkyl halides is 3. The SMILES string of the molecule is CC(C)c1noc(CN2CCCCC2c2ccc(C(F)(F)F)cc2)n1. The quantitative estimate of drug-likeness (QED) is 0.781. The van der Waals surface area contributed by atoms with Gasteiger partial charge in [-0.25, -0.2) is 0 Å². The zero-order valence-corrected chi connectivity index (χ0v) is 14.4. The maximum Gasteiger partial charge on any atom is 0.416 e. The Morgan fingerprint density at radius 2 is 1.92 bits per heavy atom. The van der Waals surface area contributed by atoms with Gasteiger partial charge < -0.3 is 4.52 Å². The van der Waals surface area contributed by atoms with E-state index >= 15 is 0 Å². The van der Waals surface area contributed by atoms with Crippen LogP contribution in [0.5, 0.6) is 0 Å². The summed E-state index contributed by atoms with van der Waals surface area (Å²) in [4.78, 5) is 6.62. The third kappa shape index (κ3) is 4.21. The van der Waals surface area contributed by atoms with Crippen LogP contribution < -0.4 is 0 Å². The number of benzene rings is 1. The summed E-state index contributed by atoms with van der Waals surface area (Å²) in [7, 11) is 0. The maximum absolute atomic E-state index is 12.8. The average Bonchev–Trinajstić information content (AvgIpc) is 3.04. The van der Waals surface area contributed by atoms with Crippen molar-refractivity contribution in [3.8, 4) is 0 Å². The predicted molar refractivity (Wildman–Crippen MR) is 86.8 cm³/mol. The molecule has 0 bridgehead atoms. The summed E-state index contributed by atoms with van der Waals surface area (Å²) in [6, 6.07) is 5.56. The van der Waals surface area contributed by atoms with Crippen molar-refractivity contribution in [3.05, 3.63) is 47.1 Å². The van der Waals surface area contributed by atoms with Crippen LogP contribution >= 0.6 is 0 Å². The zero-order valence-electron chi connectivity index (χ0n) is 14.4. The van der Waals surface area contributed by atoms with Crippen molar-refractivity contribution in [3.63, 3.8) is 0 Å². The van der Waals surface area contributed by atoms with Gasteiger partial charge in [-0.1, -0.05) is 37.6 Å². The van der Waals surface area contributed by atoms with Crippen molar-refractivity contribution in [1.29, 1.82) is 0 Å². The second kappa shape index (κ2) is 7.15. The first kappa shape index (κ1) is 17.9. The van der Waals surface area contributed by atoms with E-state index in [0.717, 1.165) is 43.5 Å². The standard InChI is InChI=1S/C18H22F3N3O/c1-12(2)17-22-16(25-23-17)11-24-10-4-3-5-15(24)13-6-8-14(9-7-13)18(19,20)21/h6-9,12,15H,3-5,10-11H2,1-2H3. The Morgan fingerprint density at radius 1 is 1.20 bits per heavy atom. The van der Waals surface area contributed by atoms with Gasteiger partial charge in [0.05, 0.1) is 12.1 Å². The van der Waals surface area contributed by atoms with Crippen LogP contribution in [0.2, 0.25) is 0 Å². The summed E-state index contributed by atoms with van der Waals surface area (Å²) < 4.78 is 43.6. The molecule has 2 aromatic rings. The van der Waals surface area contributed by atoms with Crippen LogP contribution in [0.1, 0.15) is 67.9 Å². The van der Waals surface area contributed by atoms with E-state index in [2.05, 4.69) is 15.0 Å². The summed E-state index contributed by atoms with van der Waals surface area (Å²) in [5, 5.41) is 3.98. The molecule has 0 N–H and O–H groups in total. The van der Waals surface area contributed by atoms with Crippen LogP contribution in [-0.2, 0) is 12.7 Å². The van der Waals surface area contributed by atoms with Gasteiger partial charge in [0.1, 0.15) is 0 Å². The minimum atomic E-state index is -4.30. The van der Waals surface area contributed by atoms with Crippen LogP contribution in [0.4, 0.5) is 13.2 Å². The van der Waals surface area contributed by atoms with E-state index < -0.39 is 11.7 Å². The van der Waals surface area contributed by atoms with E-state index in [1.165, 1.54) is 0 Å². The fraction of sp³-hybridized carbons (Fsp3) is 0.556. The Bertz CT molecular complexity index is 694. The molecule has 1 unspecified atom stereocenters. The lowest BCUT2D eigenvalue weighted by Crippen LogP contribution is -2.33. The molecule has 1 aliphatic rings. The van der Waals surface area contributed by atoms with Gasteiger partial charge in [-0.2, -0.15) is 18.2 Å². The Hall–Kier alpha value is -1.89. The number of nitrogens with zero attached hydrogens (tertiary/aromatic N) is 3. The van der Waals surface area contributed by atoms with Crippen molar-refractivity contribution < 1.29 is 17.7 Å². The van der Waals surface area contributed by atoms with E-state index in [-0.39, 0.29) is 12.0 Å². The molecule has 25 heavy (non-hydrogen) atoms. The molecule has 0 spiro atoms. The highest BCUT2D eigenvalue weighted by molar-refractivity contribution is 5.27. The van der Waals surface area contributed by atoms with Crippen molar-refractivity contribution in [2.45, 2.75) is 57.8 Å². The van der Waals surface area contributed by atoms with Gasteiger partial charge in [-0.05, 0) is 37.1 Å². The van der Waals surface area contributed by atoms with Crippen LogP contribution in [-0.4, -0.2) is 21.6 Å². The van der Waals surface area contributed by atoms with E-state index in [9.17, 15) is 13.2 Å². The normalized spacial score (nSPS) is 19.5. The number of hydrogen-bond donors (Lipinski definition) is 0. The lowest BCUT2D eigenvalue weighted by Gasteiger charge is -2.35. The molecule has 1 fully saturated rings. The first-order valence-electron chi connectivity index (χ1n) is 8.58. The molecule has 1 aromatic heterocycles. The number of hydrogen-bond acceptors (Lipinski definition) is 4. The molecule has 3 rings (SSSR count). The lowest BCUT2D eigenvalue weighted by molar-refractivity contribution is -0.137. The third-order valence-corrected chi connectivity index (χ3v) is 4.57. The maximum atomic E-state index is 12.8. The van der Waals surface area contributed by atoms with E-state index in [1.54, 1.807) is 12.1 Å². The van der Waals surface area contributed by atoms with Crippen LogP contribution in [0, 0.1) is 0 Å². The fourth-order valence-electron chi connectivity index (χ4n) is 3.19. The average molecular weight is 353 g/mol. The third-order valence-electron chi connectivity index (χ3n) is 4.57. The smallest absolute Gasteiger partial charge is 0.338 e. The summed E-state index contributed by atoms with van der Waals surface area (Å²) in [5.41, 5.74) is 0.286. The molecule has 1 atom stereocenters. The number of halogens is 3. The largest absolute Gasteiger partial charge is 0.416 e. The van der Waals surface area contributed by atoms with Gasteiger partial charge in [0.15, 0.2) is 5.82 Å². The topological polar surface area (TPSA) is 42.2 Å². The van der Waals surface area contributed by atoms with Crippen LogP contribution in [0.15, 0.2) is 28.8 Å². The van der Waals surface area contributed by atoms with Gasteiger partial charge in [-0.3, -0.25) is 4.90 Å². The Kier molecular flexibility index (Phi) is 5.13. The van der Waals surface area contributed by atoms with Gasteiger partial charge in [0.25, 0.3) is 0 Å². The van der Waals surface area contributed by atoms with E-state index in [1.807, 2.05) is 13.8 Å². The molecule has 0 saturated carbocycles. The fourth-order valence-corrected chi connectivity index (χ4v) is 3.19. The molecule has 136 valence electrons. The van der Waals surface area contributed by atoms with Gasteiger partial charge in [0.2, 0.25) is 5.89 Å². The number of likely N-dealkylation sites (tertiary alicyclic amines) is 1. The van der Waals surface area contributed by atoms with Crippen molar-refractivity contribution >= 4 is 0 Å². The zero-order chi connectivity index (χ0) is 18.0. The molecule has 1 aliphatic heterocycles. The van der Waals surface area contributed by atoms with Crippen molar-refractivity contribution in [1.82, 2.24) is 15.0 Å². The van der Waals surface area contributed by atoms with Gasteiger partial charge in [-0.15, -0.1) is 0 Å². The molecule has 0 radical (unpaired) electrons. The first-order valence-corrected chi connectivity index (χ1v) is 8.58. The number of aromatic nitrogens is 2. The first-order chi connectivity index (χ1) is 11.8. The van der Waals surface area contributed by atoms with Crippen molar-refractivity contribution in [2.24, 2.45) is 0 Å². The second-order valence-electron chi connectivity index (χ2n) is 6.80. The highest BCUT2D eigenvalue weighted by Crippen LogP contribution is 2.34. The minimum Gasteiger partial charge on any atom is -0.338 e. The summed E-state index contributed by atoms with van der Waals surface area (Å²) in [6.07, 6.45) is -1.27. The number of piperidine rings is 1. The molecule has 0 aliphatic carbocycles. The Morgan fingerprint density at radius 3 is 2.52 bits per heavy atom. The monoisotopic (exact) mass is 353 g/mol. The Labute approximate surface area is 145 Å². The molecule has 1 aromatic carbocycles. The van der Waals surface area contributed by atoms with E-state index in [0.29, 0.717) is 18.3 Å². The van der Waals surface area contributed by atoms with Gasteiger partial charge >= 0.3 is 6.18 Å². The molecular weight excluding hydrogens is 331 g/mol.